The average molecular weight is 901 g/mol. The largest absolute Gasteiger partial charge is 0.488 e. The van der Waals surface area contributed by atoms with Gasteiger partial charge in [0.1, 0.15) is 46.9 Å². The number of nitrogens with one attached hydrogen (secondary N) is 4. The summed E-state index contributed by atoms with van der Waals surface area (Å²) in [6.07, 6.45) is 1.66. The van der Waals surface area contributed by atoms with Crippen LogP contribution in [0.2, 0.25) is 5.15 Å². The highest BCUT2D eigenvalue weighted by Gasteiger charge is 2.48. The second-order valence-electron chi connectivity index (χ2n) is 17.5. The summed E-state index contributed by atoms with van der Waals surface area (Å²) in [5.41, 5.74) is 6.56. The lowest BCUT2D eigenvalue weighted by molar-refractivity contribution is -0.142. The van der Waals surface area contributed by atoms with E-state index in [4.69, 9.17) is 40.5 Å². The van der Waals surface area contributed by atoms with Gasteiger partial charge in [0.25, 0.3) is 5.91 Å². The van der Waals surface area contributed by atoms with Crippen LogP contribution in [-0.2, 0) is 30.4 Å². The minimum absolute atomic E-state index is 0.0133. The molecule has 0 spiro atoms. The monoisotopic (exact) mass is 900 g/mol. The summed E-state index contributed by atoms with van der Waals surface area (Å²) in [5.74, 6) is 1.59. The molecule has 2 aromatic heterocycles. The van der Waals surface area contributed by atoms with Gasteiger partial charge in [-0.05, 0) is 77.9 Å². The highest BCUT2D eigenvalue weighted by molar-refractivity contribution is 6.32. The number of methoxy groups -OCH3 is 3. The lowest BCUT2D eigenvalue weighted by Crippen LogP contribution is -2.58. The van der Waals surface area contributed by atoms with E-state index in [1.165, 1.54) is 14.2 Å². The molecule has 16 nitrogen and oxygen atoms in total. The predicted molar refractivity (Wildman–Crippen MR) is 241 cm³/mol. The number of amides is 4. The summed E-state index contributed by atoms with van der Waals surface area (Å²) in [6, 6.07) is 21.1. The number of piperidine rings is 1. The van der Waals surface area contributed by atoms with Gasteiger partial charge in [-0.3, -0.25) is 9.59 Å². The third-order valence-corrected chi connectivity index (χ3v) is 13.8. The van der Waals surface area contributed by atoms with Crippen molar-refractivity contribution < 1.29 is 38.1 Å². The summed E-state index contributed by atoms with van der Waals surface area (Å²) in [7, 11) is 4.20. The third-order valence-electron chi connectivity index (χ3n) is 13.5. The van der Waals surface area contributed by atoms with Crippen molar-refractivity contribution in [2.24, 2.45) is 11.8 Å². The Morgan fingerprint density at radius 2 is 1.71 bits per heavy atom. The van der Waals surface area contributed by atoms with E-state index >= 15 is 0 Å². The Balaban J connectivity index is 0.921. The molecule has 65 heavy (non-hydrogen) atoms. The van der Waals surface area contributed by atoms with Gasteiger partial charge in [-0.2, -0.15) is 0 Å². The first-order valence-corrected chi connectivity index (χ1v) is 22.2. The van der Waals surface area contributed by atoms with E-state index in [-0.39, 0.29) is 35.7 Å². The van der Waals surface area contributed by atoms with Crippen LogP contribution in [0, 0.1) is 11.8 Å². The molecular formula is C48H49ClN8O8. The number of nitrogens with zero attached hydrogens (tertiary/aromatic N) is 4. The molecule has 336 valence electrons. The average Bonchev–Trinajstić information content (AvgIpc) is 4.14. The number of alkyl carbamates (subject to hydrolysis) is 2. The molecule has 6 heterocycles. The van der Waals surface area contributed by atoms with Gasteiger partial charge in [-0.15, -0.1) is 0 Å². The van der Waals surface area contributed by atoms with Crippen molar-refractivity contribution in [3.63, 3.8) is 0 Å². The van der Waals surface area contributed by atoms with E-state index in [0.717, 1.165) is 74.9 Å². The maximum atomic E-state index is 14.4. The van der Waals surface area contributed by atoms with Crippen LogP contribution in [0.25, 0.3) is 44.2 Å². The number of fused-ring (bicyclic) bond motifs is 7. The molecule has 4 N–H and O–H groups in total. The molecule has 7 atom stereocenters. The quantitative estimate of drug-likeness (QED) is 0.112. The van der Waals surface area contributed by atoms with Crippen LogP contribution in [0.1, 0.15) is 73.5 Å². The van der Waals surface area contributed by atoms with Crippen molar-refractivity contribution in [2.45, 2.75) is 69.4 Å². The minimum atomic E-state index is -0.982. The Morgan fingerprint density at radius 1 is 0.908 bits per heavy atom. The van der Waals surface area contributed by atoms with Gasteiger partial charge in [0.05, 0.1) is 43.9 Å². The molecular weight excluding hydrogens is 852 g/mol. The smallest absolute Gasteiger partial charge is 0.407 e. The van der Waals surface area contributed by atoms with Crippen molar-refractivity contribution >= 4 is 57.4 Å². The number of ether oxygens (including phenoxy) is 4. The van der Waals surface area contributed by atoms with E-state index in [1.54, 1.807) is 24.1 Å². The maximum absolute atomic E-state index is 14.4. The highest BCUT2D eigenvalue weighted by Crippen LogP contribution is 2.46. The fourth-order valence-electron chi connectivity index (χ4n) is 10.5. The van der Waals surface area contributed by atoms with Crippen LogP contribution >= 0.6 is 11.6 Å². The van der Waals surface area contributed by atoms with Crippen molar-refractivity contribution in [2.75, 3.05) is 34.5 Å². The number of likely N-dealkylation sites (tertiary alicyclic amines) is 1. The highest BCUT2D eigenvalue weighted by atomic mass is 35.5. The molecule has 0 radical (unpaired) electrons. The number of halogens is 1. The number of benzene rings is 4. The Hall–Kier alpha value is -6.65. The number of carbonyl (C=O) groups excluding carboxylic acids is 4. The zero-order chi connectivity index (χ0) is 45.1. The second kappa shape index (κ2) is 17.0. The Kier molecular flexibility index (Phi) is 11.1. The lowest BCUT2D eigenvalue weighted by atomic mass is 9.88. The van der Waals surface area contributed by atoms with Crippen LogP contribution < -0.4 is 15.4 Å². The SMILES string of the molecule is COC[C@H]1C[C@@H](c2nc(-c3ccc4c(c3)COc3cc5c(ccc6[nH]c([C@@H]7CC[C@@H]8CC(C)[C@H](NC(=O)OC)C(=O)N87)nc65)cc3-4)c(Cl)[nH]2)N(C(=O)[C@H](NC(=O)OC)c2ccccc2)C1. The van der Waals surface area contributed by atoms with E-state index in [9.17, 15) is 19.2 Å². The van der Waals surface area contributed by atoms with E-state index in [1.807, 2.05) is 54.3 Å². The number of carbonyl (C=O) groups is 4. The maximum Gasteiger partial charge on any atom is 0.407 e. The first kappa shape index (κ1) is 42.3. The summed E-state index contributed by atoms with van der Waals surface area (Å²) in [5, 5.41) is 7.73. The molecule has 6 aromatic rings. The van der Waals surface area contributed by atoms with E-state index in [2.05, 4.69) is 38.8 Å². The molecule has 1 unspecified atom stereocenters. The first-order valence-electron chi connectivity index (χ1n) is 21.9. The van der Waals surface area contributed by atoms with Crippen LogP contribution in [0.15, 0.2) is 72.8 Å². The minimum Gasteiger partial charge on any atom is -0.488 e. The Bertz CT molecular complexity index is 2850. The first-order chi connectivity index (χ1) is 31.5. The molecule has 10 rings (SSSR count). The zero-order valence-electron chi connectivity index (χ0n) is 36.4. The van der Waals surface area contributed by atoms with Gasteiger partial charge < -0.3 is 49.3 Å². The summed E-state index contributed by atoms with van der Waals surface area (Å²) < 4.78 is 21.7. The standard InChI is InChI=1S/C48H49ClN8O8/c1-24-16-30-12-15-35(57(30)46(59)38(24)53-47(60)63-3)43-50-34-14-11-27-19-33-31-13-10-28(18-29(31)23-65-37(33)20-32(27)41(34)52-43)39-42(49)55-44(51-39)36-17-25(22-62-2)21-56(36)45(58)40(54-48(61)64-4)26-8-6-5-7-9-26/h5-11,13-14,18-20,24-25,30,35-36,38,40H,12,15-17,21-23H2,1-4H3,(H,50,52)(H,51,55)(H,53,60)(H,54,61)/t24?,25-,30+,35-,36-,38-,40+/m0/s1. The van der Waals surface area contributed by atoms with Gasteiger partial charge in [0.2, 0.25) is 5.91 Å². The zero-order valence-corrected chi connectivity index (χ0v) is 37.1. The predicted octanol–water partition coefficient (Wildman–Crippen LogP) is 7.75. The van der Waals surface area contributed by atoms with Gasteiger partial charge in [-0.25, -0.2) is 19.6 Å². The number of imidazole rings is 2. The van der Waals surface area contributed by atoms with E-state index < -0.39 is 30.3 Å². The molecule has 4 aliphatic rings. The summed E-state index contributed by atoms with van der Waals surface area (Å²) in [6.45, 7) is 3.15. The summed E-state index contributed by atoms with van der Waals surface area (Å²) in [4.78, 5) is 73.3. The van der Waals surface area contributed by atoms with Gasteiger partial charge in [0, 0.05) is 42.1 Å². The number of hydrogen-bond acceptors (Lipinski definition) is 10. The molecule has 0 aliphatic carbocycles. The van der Waals surface area contributed by atoms with Crippen molar-refractivity contribution in [3.05, 3.63) is 101 Å². The molecule has 4 aliphatic heterocycles. The Labute approximate surface area is 379 Å². The van der Waals surface area contributed by atoms with Crippen LogP contribution in [0.3, 0.4) is 0 Å². The lowest BCUT2D eigenvalue weighted by Gasteiger charge is -2.41. The molecule has 4 amide bonds. The fourth-order valence-corrected chi connectivity index (χ4v) is 10.7. The summed E-state index contributed by atoms with van der Waals surface area (Å²) >= 11 is 6.93. The fraction of sp³-hybridized carbons (Fsp3) is 0.375. The number of aromatic amines is 2. The number of hydrogen-bond donors (Lipinski definition) is 4. The van der Waals surface area contributed by atoms with Gasteiger partial charge >= 0.3 is 12.2 Å². The molecule has 0 saturated carbocycles. The van der Waals surface area contributed by atoms with Crippen molar-refractivity contribution in [1.82, 2.24) is 40.4 Å². The van der Waals surface area contributed by atoms with Gasteiger partial charge in [-0.1, -0.05) is 67.1 Å². The van der Waals surface area contributed by atoms with Crippen LogP contribution in [-0.4, -0.2) is 100 Å². The second-order valence-corrected chi connectivity index (χ2v) is 17.8. The van der Waals surface area contributed by atoms with E-state index in [0.29, 0.717) is 48.4 Å². The van der Waals surface area contributed by atoms with Crippen LogP contribution in [0.5, 0.6) is 5.75 Å². The topological polar surface area (TPSA) is 193 Å². The number of aromatic nitrogens is 4. The van der Waals surface area contributed by atoms with Gasteiger partial charge in [0.15, 0.2) is 0 Å². The van der Waals surface area contributed by atoms with Crippen LogP contribution in [0.4, 0.5) is 9.59 Å². The molecule has 17 heteroatoms. The molecule has 4 aromatic carbocycles. The normalized spacial score (nSPS) is 22.8. The Morgan fingerprint density at radius 3 is 2.49 bits per heavy atom. The molecule has 3 fully saturated rings. The number of rotatable bonds is 9. The van der Waals surface area contributed by atoms with Crippen molar-refractivity contribution in [1.29, 1.82) is 0 Å². The van der Waals surface area contributed by atoms with Crippen molar-refractivity contribution in [3.8, 4) is 28.1 Å². The number of H-pyrrole nitrogens is 2. The third kappa shape index (κ3) is 7.57. The molecule has 3 saturated heterocycles. The molecule has 0 bridgehead atoms.